The van der Waals surface area contributed by atoms with Crippen molar-refractivity contribution in [1.82, 2.24) is 14.7 Å². The van der Waals surface area contributed by atoms with Crippen LogP contribution in [0.4, 0.5) is 26.3 Å². The van der Waals surface area contributed by atoms with Crippen molar-refractivity contribution >= 4 is 5.91 Å². The Bertz CT molecular complexity index is 1010. The van der Waals surface area contributed by atoms with Gasteiger partial charge in [0.25, 0.3) is 5.91 Å². The number of likely N-dealkylation sites (tertiary alicyclic amines) is 1. The zero-order valence-corrected chi connectivity index (χ0v) is 15.7. The highest BCUT2D eigenvalue weighted by molar-refractivity contribution is 5.92. The van der Waals surface area contributed by atoms with Gasteiger partial charge in [0.15, 0.2) is 5.69 Å². The maximum Gasteiger partial charge on any atom is 0.418 e. The Hall–Kier alpha value is -2.85. The molecular weight excluding hydrogens is 416 g/mol. The lowest BCUT2D eigenvalue weighted by molar-refractivity contribution is -0.184. The fourth-order valence-corrected chi connectivity index (χ4v) is 3.42. The van der Waals surface area contributed by atoms with Gasteiger partial charge >= 0.3 is 12.4 Å². The Morgan fingerprint density at radius 2 is 1.80 bits per heavy atom. The molecule has 0 aliphatic carbocycles. The molecule has 1 aliphatic heterocycles. The summed E-state index contributed by atoms with van der Waals surface area (Å²) < 4.78 is 80.0. The molecule has 0 unspecified atom stereocenters. The van der Waals surface area contributed by atoms with E-state index in [1.807, 2.05) is 0 Å². The molecule has 0 radical (unpaired) electrons. The monoisotopic (exact) mass is 433 g/mol. The van der Waals surface area contributed by atoms with Crippen LogP contribution in [0.5, 0.6) is 0 Å². The van der Waals surface area contributed by atoms with Crippen molar-refractivity contribution in [2.45, 2.75) is 32.1 Å². The third-order valence-corrected chi connectivity index (χ3v) is 4.92. The molecule has 1 fully saturated rings. The average Bonchev–Trinajstić information content (AvgIpc) is 2.66. The number of hydrogen-bond acceptors (Lipinski definition) is 3. The Kier molecular flexibility index (Phi) is 5.66. The van der Waals surface area contributed by atoms with E-state index in [0.717, 1.165) is 27.8 Å². The van der Waals surface area contributed by atoms with Gasteiger partial charge in [-0.2, -0.15) is 31.4 Å². The number of amides is 1. The van der Waals surface area contributed by atoms with Crippen LogP contribution < -0.4 is 5.43 Å². The highest BCUT2D eigenvalue weighted by Gasteiger charge is 2.43. The van der Waals surface area contributed by atoms with Gasteiger partial charge in [-0.05, 0) is 31.9 Å². The molecule has 1 amide bonds. The Morgan fingerprint density at radius 1 is 1.13 bits per heavy atom. The topological polar surface area (TPSA) is 55.2 Å². The van der Waals surface area contributed by atoms with Crippen molar-refractivity contribution < 1.29 is 31.1 Å². The van der Waals surface area contributed by atoms with Crippen LogP contribution in [0.25, 0.3) is 5.69 Å². The fourth-order valence-electron chi connectivity index (χ4n) is 3.42. The van der Waals surface area contributed by atoms with Crippen molar-refractivity contribution in [3.8, 4) is 5.69 Å². The number of piperidine rings is 1. The minimum Gasteiger partial charge on any atom is -0.337 e. The number of carbonyl (C=O) groups is 1. The van der Waals surface area contributed by atoms with E-state index in [2.05, 4.69) is 5.10 Å². The summed E-state index contributed by atoms with van der Waals surface area (Å²) in [6.45, 7) is 0.715. The second kappa shape index (κ2) is 7.77. The van der Waals surface area contributed by atoms with Crippen LogP contribution in [0.3, 0.4) is 0 Å². The minimum absolute atomic E-state index is 0.000449. The lowest BCUT2D eigenvalue weighted by Gasteiger charge is -2.33. The smallest absolute Gasteiger partial charge is 0.337 e. The first-order valence-electron chi connectivity index (χ1n) is 9.03. The van der Waals surface area contributed by atoms with Crippen LogP contribution in [-0.2, 0) is 6.18 Å². The van der Waals surface area contributed by atoms with E-state index in [4.69, 9.17) is 0 Å². The van der Waals surface area contributed by atoms with Crippen LogP contribution in [0.15, 0.2) is 35.1 Å². The summed E-state index contributed by atoms with van der Waals surface area (Å²) in [5.74, 6) is -2.76. The van der Waals surface area contributed by atoms with Gasteiger partial charge in [-0.1, -0.05) is 12.1 Å². The third kappa shape index (κ3) is 4.34. The van der Waals surface area contributed by atoms with E-state index in [1.165, 1.54) is 19.1 Å². The summed E-state index contributed by atoms with van der Waals surface area (Å²) in [6.07, 6.45) is -9.26. The molecule has 1 aromatic carbocycles. The van der Waals surface area contributed by atoms with Gasteiger partial charge in [-0.25, -0.2) is 4.68 Å². The predicted octanol–water partition coefficient (Wildman–Crippen LogP) is 3.97. The number of nitrogens with zero attached hydrogens (tertiary/aromatic N) is 3. The molecule has 1 saturated heterocycles. The van der Waals surface area contributed by atoms with Gasteiger partial charge in [0.1, 0.15) is 0 Å². The van der Waals surface area contributed by atoms with Gasteiger partial charge in [-0.15, -0.1) is 0 Å². The number of benzene rings is 1. The van der Waals surface area contributed by atoms with E-state index in [1.54, 1.807) is 0 Å². The number of para-hydroxylation sites is 1. The minimum atomic E-state index is -4.72. The van der Waals surface area contributed by atoms with Gasteiger partial charge in [0.05, 0.1) is 17.2 Å². The second-order valence-corrected chi connectivity index (χ2v) is 7.06. The van der Waals surface area contributed by atoms with Gasteiger partial charge in [-0.3, -0.25) is 9.59 Å². The summed E-state index contributed by atoms with van der Waals surface area (Å²) in [4.78, 5) is 25.9. The lowest BCUT2D eigenvalue weighted by Crippen LogP contribution is -2.46. The Balaban J connectivity index is 2.03. The van der Waals surface area contributed by atoms with Crippen LogP contribution in [0.2, 0.25) is 0 Å². The molecule has 1 atom stereocenters. The molecule has 30 heavy (non-hydrogen) atoms. The normalized spacial score (nSPS) is 17.8. The highest BCUT2D eigenvalue weighted by Crippen LogP contribution is 2.34. The summed E-state index contributed by atoms with van der Waals surface area (Å²) in [7, 11) is 0. The SMILES string of the molecule is Cc1cc(=O)c(C(=O)N2CCC[C@@H](C(F)(F)F)C2)nn1-c1ccccc1C(F)(F)F. The average molecular weight is 433 g/mol. The number of alkyl halides is 6. The molecule has 1 aromatic heterocycles. The summed E-state index contributed by atoms with van der Waals surface area (Å²) in [6, 6.07) is 5.42. The lowest BCUT2D eigenvalue weighted by atomic mass is 9.97. The van der Waals surface area contributed by atoms with E-state index in [-0.39, 0.29) is 25.1 Å². The fraction of sp³-hybridized carbons (Fsp3) is 0.421. The molecule has 0 spiro atoms. The summed E-state index contributed by atoms with van der Waals surface area (Å²) >= 11 is 0. The zero-order valence-electron chi connectivity index (χ0n) is 15.7. The van der Waals surface area contributed by atoms with Crippen molar-refractivity contribution in [3.63, 3.8) is 0 Å². The first-order valence-corrected chi connectivity index (χ1v) is 9.03. The van der Waals surface area contributed by atoms with Crippen LogP contribution in [0.1, 0.15) is 34.6 Å². The highest BCUT2D eigenvalue weighted by atomic mass is 19.4. The van der Waals surface area contributed by atoms with E-state index in [0.29, 0.717) is 0 Å². The number of aryl methyl sites for hydroxylation is 1. The Labute approximate surface area is 166 Å². The molecule has 162 valence electrons. The molecule has 11 heteroatoms. The van der Waals surface area contributed by atoms with Gasteiger partial charge in [0.2, 0.25) is 5.43 Å². The zero-order chi connectivity index (χ0) is 22.3. The number of halogens is 6. The first kappa shape index (κ1) is 21.8. The van der Waals surface area contributed by atoms with E-state index in [9.17, 15) is 35.9 Å². The van der Waals surface area contributed by atoms with Crippen molar-refractivity contribution in [1.29, 1.82) is 0 Å². The van der Waals surface area contributed by atoms with Crippen LogP contribution in [0, 0.1) is 12.8 Å². The predicted molar refractivity (Wildman–Crippen MR) is 94.3 cm³/mol. The largest absolute Gasteiger partial charge is 0.418 e. The summed E-state index contributed by atoms with van der Waals surface area (Å²) in [5.41, 5.74) is -2.98. The molecular formula is C19H17F6N3O2. The van der Waals surface area contributed by atoms with Crippen LogP contribution in [-0.4, -0.2) is 39.9 Å². The number of aromatic nitrogens is 2. The van der Waals surface area contributed by atoms with Gasteiger partial charge in [0, 0.05) is 24.8 Å². The second-order valence-electron chi connectivity index (χ2n) is 7.06. The number of rotatable bonds is 2. The molecule has 0 bridgehead atoms. The first-order chi connectivity index (χ1) is 13.9. The third-order valence-electron chi connectivity index (χ3n) is 4.92. The number of carbonyl (C=O) groups excluding carboxylic acids is 1. The molecule has 5 nitrogen and oxygen atoms in total. The van der Waals surface area contributed by atoms with Crippen LogP contribution >= 0.6 is 0 Å². The summed E-state index contributed by atoms with van der Waals surface area (Å²) in [5, 5.41) is 3.81. The maximum absolute atomic E-state index is 13.4. The standard InChI is InChI=1S/C19H17F6N3O2/c1-11-9-15(29)16(17(30)27-8-4-5-12(10-27)18(20,21)22)26-28(11)14-7-3-2-6-13(14)19(23,24)25/h2-3,6-7,9,12H,4-5,8,10H2,1H3/t12-/m1/s1. The molecule has 2 aromatic rings. The van der Waals surface area contributed by atoms with Gasteiger partial charge < -0.3 is 4.90 Å². The van der Waals surface area contributed by atoms with Crippen molar-refractivity contribution in [2.24, 2.45) is 5.92 Å². The molecule has 0 N–H and O–H groups in total. The van der Waals surface area contributed by atoms with Crippen molar-refractivity contribution in [2.75, 3.05) is 13.1 Å². The molecule has 1 aliphatic rings. The molecule has 3 rings (SSSR count). The number of hydrogen-bond donors (Lipinski definition) is 0. The van der Waals surface area contributed by atoms with E-state index >= 15 is 0 Å². The molecule has 2 heterocycles. The Morgan fingerprint density at radius 3 is 2.43 bits per heavy atom. The molecule has 0 saturated carbocycles. The van der Waals surface area contributed by atoms with E-state index < -0.39 is 53.1 Å². The maximum atomic E-state index is 13.4. The van der Waals surface area contributed by atoms with Crippen molar-refractivity contribution in [3.05, 3.63) is 57.5 Å². The quantitative estimate of drug-likeness (QED) is 0.674.